The van der Waals surface area contributed by atoms with Gasteiger partial charge in [-0.05, 0) is 25.1 Å². The van der Waals surface area contributed by atoms with Crippen molar-refractivity contribution in [3.8, 4) is 5.82 Å². The molecule has 7 nitrogen and oxygen atoms in total. The highest BCUT2D eigenvalue weighted by Gasteiger charge is 2.26. The average molecular weight is 401 g/mol. The number of aryl methyl sites for hydroxylation is 1. The van der Waals surface area contributed by atoms with Crippen LogP contribution in [-0.2, 0) is 0 Å². The van der Waals surface area contributed by atoms with Gasteiger partial charge in [-0.25, -0.2) is 19.0 Å². The fourth-order valence-electron chi connectivity index (χ4n) is 3.22. The Labute approximate surface area is 166 Å². The van der Waals surface area contributed by atoms with E-state index < -0.39 is 5.82 Å². The number of halogens is 2. The second kappa shape index (κ2) is 7.55. The summed E-state index contributed by atoms with van der Waals surface area (Å²) in [5.74, 6) is 1.10. The molecule has 9 heteroatoms. The summed E-state index contributed by atoms with van der Waals surface area (Å²) >= 11 is 6.03. The van der Waals surface area contributed by atoms with Gasteiger partial charge in [-0.1, -0.05) is 17.7 Å². The summed E-state index contributed by atoms with van der Waals surface area (Å²) in [6.07, 6.45) is 3.51. The van der Waals surface area contributed by atoms with Crippen LogP contribution in [0.1, 0.15) is 16.2 Å². The van der Waals surface area contributed by atoms with Crippen LogP contribution in [0, 0.1) is 12.7 Å². The molecule has 28 heavy (non-hydrogen) atoms. The van der Waals surface area contributed by atoms with Crippen molar-refractivity contribution in [2.24, 2.45) is 0 Å². The molecule has 1 amide bonds. The molecule has 0 radical (unpaired) electrons. The summed E-state index contributed by atoms with van der Waals surface area (Å²) in [6, 6.07) is 7.95. The largest absolute Gasteiger partial charge is 0.353 e. The molecule has 0 atom stereocenters. The third kappa shape index (κ3) is 3.55. The summed E-state index contributed by atoms with van der Waals surface area (Å²) in [5, 5.41) is 4.33. The zero-order chi connectivity index (χ0) is 19.7. The van der Waals surface area contributed by atoms with Gasteiger partial charge in [-0.3, -0.25) is 4.79 Å². The lowest BCUT2D eigenvalue weighted by Crippen LogP contribution is -2.49. The van der Waals surface area contributed by atoms with Crippen LogP contribution in [-0.4, -0.2) is 56.7 Å². The van der Waals surface area contributed by atoms with Crippen LogP contribution in [0.4, 0.5) is 10.2 Å². The van der Waals surface area contributed by atoms with Crippen LogP contribution in [0.25, 0.3) is 5.82 Å². The minimum absolute atomic E-state index is 0.0727. The number of anilines is 1. The molecule has 2 aromatic heterocycles. The van der Waals surface area contributed by atoms with E-state index in [1.165, 1.54) is 18.2 Å². The highest BCUT2D eigenvalue weighted by molar-refractivity contribution is 6.33. The molecular formula is C19H18ClFN6O. The number of rotatable bonds is 3. The van der Waals surface area contributed by atoms with Gasteiger partial charge in [-0.15, -0.1) is 0 Å². The molecule has 144 valence electrons. The highest BCUT2D eigenvalue weighted by atomic mass is 35.5. The number of piperazine rings is 1. The van der Waals surface area contributed by atoms with Crippen molar-refractivity contribution >= 4 is 23.3 Å². The van der Waals surface area contributed by atoms with Crippen LogP contribution < -0.4 is 4.90 Å². The predicted octanol–water partition coefficient (Wildman–Crippen LogP) is 2.73. The van der Waals surface area contributed by atoms with Crippen LogP contribution in [0.3, 0.4) is 0 Å². The number of carbonyl (C=O) groups excluding carboxylic acids is 1. The Kier molecular flexibility index (Phi) is 4.95. The van der Waals surface area contributed by atoms with Gasteiger partial charge < -0.3 is 9.80 Å². The lowest BCUT2D eigenvalue weighted by atomic mass is 10.1. The monoisotopic (exact) mass is 400 g/mol. The van der Waals surface area contributed by atoms with E-state index in [1.54, 1.807) is 15.8 Å². The van der Waals surface area contributed by atoms with E-state index in [9.17, 15) is 9.18 Å². The zero-order valence-corrected chi connectivity index (χ0v) is 16.0. The molecule has 1 saturated heterocycles. The van der Waals surface area contributed by atoms with Gasteiger partial charge in [0.05, 0.1) is 10.6 Å². The maximum absolute atomic E-state index is 14.1. The first kappa shape index (κ1) is 18.4. The van der Waals surface area contributed by atoms with Crippen molar-refractivity contribution in [2.75, 3.05) is 31.1 Å². The SMILES string of the molecule is Cc1nc(N2CCN(C(=O)c3c(F)cccc3Cl)CC2)cc(-n2cccn2)n1. The summed E-state index contributed by atoms with van der Waals surface area (Å²) in [5.41, 5.74) is -0.0727. The molecule has 1 fully saturated rings. The van der Waals surface area contributed by atoms with Crippen molar-refractivity contribution in [3.05, 3.63) is 65.0 Å². The molecule has 0 saturated carbocycles. The lowest BCUT2D eigenvalue weighted by molar-refractivity contribution is 0.0742. The molecule has 0 spiro atoms. The summed E-state index contributed by atoms with van der Waals surface area (Å²) in [4.78, 5) is 25.3. The number of amides is 1. The maximum atomic E-state index is 14.1. The number of benzene rings is 1. The first-order valence-corrected chi connectivity index (χ1v) is 9.24. The maximum Gasteiger partial charge on any atom is 0.258 e. The molecular weight excluding hydrogens is 383 g/mol. The zero-order valence-electron chi connectivity index (χ0n) is 15.2. The molecule has 1 aromatic carbocycles. The van der Waals surface area contributed by atoms with Crippen molar-refractivity contribution in [1.29, 1.82) is 0 Å². The van der Waals surface area contributed by atoms with Gasteiger partial charge in [0.2, 0.25) is 0 Å². The predicted molar refractivity (Wildman–Crippen MR) is 103 cm³/mol. The van der Waals surface area contributed by atoms with E-state index in [1.807, 2.05) is 25.3 Å². The van der Waals surface area contributed by atoms with Crippen molar-refractivity contribution in [2.45, 2.75) is 6.92 Å². The number of hydrogen-bond donors (Lipinski definition) is 0. The molecule has 1 aliphatic heterocycles. The van der Waals surface area contributed by atoms with E-state index in [-0.39, 0.29) is 16.5 Å². The molecule has 3 aromatic rings. The van der Waals surface area contributed by atoms with Gasteiger partial charge in [0.25, 0.3) is 5.91 Å². The first-order chi connectivity index (χ1) is 13.5. The van der Waals surface area contributed by atoms with Crippen molar-refractivity contribution in [3.63, 3.8) is 0 Å². The van der Waals surface area contributed by atoms with Gasteiger partial charge in [0, 0.05) is 44.6 Å². The van der Waals surface area contributed by atoms with E-state index in [0.29, 0.717) is 37.8 Å². The van der Waals surface area contributed by atoms with Crippen molar-refractivity contribution < 1.29 is 9.18 Å². The van der Waals surface area contributed by atoms with Crippen LogP contribution in [0.5, 0.6) is 0 Å². The highest BCUT2D eigenvalue weighted by Crippen LogP contribution is 2.23. The quantitative estimate of drug-likeness (QED) is 0.676. The first-order valence-electron chi connectivity index (χ1n) is 8.87. The molecule has 0 unspecified atom stereocenters. The number of aromatic nitrogens is 4. The minimum atomic E-state index is -0.602. The van der Waals surface area contributed by atoms with Gasteiger partial charge in [0.15, 0.2) is 5.82 Å². The molecule has 4 rings (SSSR count). The Morgan fingerprint density at radius 3 is 2.54 bits per heavy atom. The molecule has 3 heterocycles. The standard InChI is InChI=1S/C19H18ClFN6O/c1-13-23-16(12-17(24-13)27-7-3-6-22-27)25-8-10-26(11-9-25)19(28)18-14(20)4-2-5-15(18)21/h2-7,12H,8-11H2,1H3. The number of hydrogen-bond acceptors (Lipinski definition) is 5. The second-order valence-electron chi connectivity index (χ2n) is 6.46. The third-order valence-electron chi connectivity index (χ3n) is 4.62. The van der Waals surface area contributed by atoms with Crippen LogP contribution >= 0.6 is 11.6 Å². The van der Waals surface area contributed by atoms with Crippen LogP contribution in [0.2, 0.25) is 5.02 Å². The normalized spacial score (nSPS) is 14.4. The number of nitrogens with zero attached hydrogens (tertiary/aromatic N) is 6. The van der Waals surface area contributed by atoms with E-state index in [2.05, 4.69) is 20.0 Å². The smallest absolute Gasteiger partial charge is 0.258 e. The second-order valence-corrected chi connectivity index (χ2v) is 6.87. The van der Waals surface area contributed by atoms with E-state index >= 15 is 0 Å². The molecule has 1 aliphatic rings. The summed E-state index contributed by atoms with van der Waals surface area (Å²) in [6.45, 7) is 3.88. The Bertz CT molecular complexity index is 981. The fraction of sp³-hybridized carbons (Fsp3) is 0.263. The Morgan fingerprint density at radius 1 is 1.11 bits per heavy atom. The van der Waals surface area contributed by atoms with Gasteiger partial charge >= 0.3 is 0 Å². The molecule has 0 aliphatic carbocycles. The van der Waals surface area contributed by atoms with Gasteiger partial charge in [0.1, 0.15) is 17.5 Å². The average Bonchev–Trinajstić information content (AvgIpc) is 3.22. The van der Waals surface area contributed by atoms with Crippen LogP contribution in [0.15, 0.2) is 42.7 Å². The molecule has 0 bridgehead atoms. The van der Waals surface area contributed by atoms with E-state index in [0.717, 1.165) is 5.82 Å². The fourth-order valence-corrected chi connectivity index (χ4v) is 3.46. The van der Waals surface area contributed by atoms with E-state index in [4.69, 9.17) is 11.6 Å². The third-order valence-corrected chi connectivity index (χ3v) is 4.93. The molecule has 0 N–H and O–H groups in total. The number of carbonyl (C=O) groups is 1. The van der Waals surface area contributed by atoms with Crippen molar-refractivity contribution in [1.82, 2.24) is 24.6 Å². The Hall–Kier alpha value is -3.00. The van der Waals surface area contributed by atoms with Gasteiger partial charge in [-0.2, -0.15) is 5.10 Å². The summed E-state index contributed by atoms with van der Waals surface area (Å²) in [7, 11) is 0. The lowest BCUT2D eigenvalue weighted by Gasteiger charge is -2.35. The Morgan fingerprint density at radius 2 is 1.86 bits per heavy atom. The Balaban J connectivity index is 1.50. The summed E-state index contributed by atoms with van der Waals surface area (Å²) < 4.78 is 15.7. The minimum Gasteiger partial charge on any atom is -0.353 e. The topological polar surface area (TPSA) is 67.2 Å².